The van der Waals surface area contributed by atoms with Crippen LogP contribution in [0.15, 0.2) is 30.3 Å². The predicted octanol–water partition coefficient (Wildman–Crippen LogP) is 6.68. The highest BCUT2D eigenvalue weighted by Gasteiger charge is 2.25. The van der Waals surface area contributed by atoms with Crippen molar-refractivity contribution in [1.29, 1.82) is 0 Å². The molecule has 2 aliphatic carbocycles. The zero-order valence-corrected chi connectivity index (χ0v) is 16.7. The molecule has 0 unspecified atom stereocenters. The van der Waals surface area contributed by atoms with Gasteiger partial charge >= 0.3 is 0 Å². The van der Waals surface area contributed by atoms with E-state index in [9.17, 15) is 0 Å². The van der Waals surface area contributed by atoms with Gasteiger partial charge in [0, 0.05) is 5.56 Å². The maximum atomic E-state index is 6.59. The number of ether oxygens (including phenoxy) is 1. The van der Waals surface area contributed by atoms with Crippen LogP contribution in [0.5, 0.6) is 5.75 Å². The van der Waals surface area contributed by atoms with Crippen molar-refractivity contribution in [3.05, 3.63) is 52.6 Å². The van der Waals surface area contributed by atoms with Gasteiger partial charge in [-0.05, 0) is 106 Å². The molecular formula is C25H32O. The average molecular weight is 349 g/mol. The maximum absolute atomic E-state index is 6.59. The summed E-state index contributed by atoms with van der Waals surface area (Å²) >= 11 is 0. The molecule has 0 aromatic heterocycles. The zero-order chi connectivity index (χ0) is 18.1. The largest absolute Gasteiger partial charge is 0.487 e. The number of benzene rings is 2. The van der Waals surface area contributed by atoms with Crippen molar-refractivity contribution in [1.82, 2.24) is 0 Å². The van der Waals surface area contributed by atoms with Crippen molar-refractivity contribution in [3.63, 3.8) is 0 Å². The Morgan fingerprint density at radius 1 is 0.808 bits per heavy atom. The smallest absolute Gasteiger partial charge is 0.128 e. The molecule has 0 saturated heterocycles. The number of aryl methyl sites for hydroxylation is 2. The van der Waals surface area contributed by atoms with E-state index in [0.29, 0.717) is 0 Å². The van der Waals surface area contributed by atoms with Crippen LogP contribution in [0.2, 0.25) is 0 Å². The van der Waals surface area contributed by atoms with Crippen LogP contribution < -0.4 is 4.74 Å². The minimum atomic E-state index is -0.132. The molecule has 0 radical (unpaired) electrons. The molecule has 0 amide bonds. The summed E-state index contributed by atoms with van der Waals surface area (Å²) in [5.74, 6) is 1.09. The molecule has 1 nitrogen and oxygen atoms in total. The van der Waals surface area contributed by atoms with Crippen LogP contribution in [0.1, 0.15) is 75.1 Å². The lowest BCUT2D eigenvalue weighted by atomic mass is 9.80. The van der Waals surface area contributed by atoms with Gasteiger partial charge in [-0.15, -0.1) is 0 Å². The van der Waals surface area contributed by atoms with E-state index in [-0.39, 0.29) is 5.60 Å². The molecule has 1 heteroatoms. The highest BCUT2D eigenvalue weighted by atomic mass is 16.5. The van der Waals surface area contributed by atoms with Crippen LogP contribution >= 0.6 is 0 Å². The summed E-state index contributed by atoms with van der Waals surface area (Å²) in [5, 5.41) is 0. The number of hydrogen-bond donors (Lipinski definition) is 0. The fraction of sp³-hybridized carbons (Fsp3) is 0.520. The standard InChI is InChI=1S/C25H32O/c1-4-25(2,3)26-23-17-16-19-11-6-8-14-21(19)24(23)22-15-9-12-18-10-5-7-13-20(18)22/h9,12,15-17H,4-8,10-11,13-14H2,1-3H3. The first-order valence-electron chi connectivity index (χ1n) is 10.5. The minimum Gasteiger partial charge on any atom is -0.487 e. The van der Waals surface area contributed by atoms with Crippen molar-refractivity contribution in [3.8, 4) is 16.9 Å². The Kier molecular flexibility index (Phi) is 4.82. The topological polar surface area (TPSA) is 9.23 Å². The van der Waals surface area contributed by atoms with Gasteiger partial charge in [0.1, 0.15) is 11.4 Å². The van der Waals surface area contributed by atoms with E-state index in [2.05, 4.69) is 51.1 Å². The van der Waals surface area contributed by atoms with Gasteiger partial charge in [-0.25, -0.2) is 0 Å². The number of rotatable bonds is 4. The lowest BCUT2D eigenvalue weighted by Gasteiger charge is -2.30. The second kappa shape index (κ2) is 7.10. The summed E-state index contributed by atoms with van der Waals surface area (Å²) in [4.78, 5) is 0. The molecule has 0 atom stereocenters. The van der Waals surface area contributed by atoms with Crippen LogP contribution in [0.25, 0.3) is 11.1 Å². The van der Waals surface area contributed by atoms with Crippen LogP contribution in [0.4, 0.5) is 0 Å². The van der Waals surface area contributed by atoms with Crippen molar-refractivity contribution < 1.29 is 4.74 Å². The van der Waals surface area contributed by atoms with Crippen molar-refractivity contribution in [2.75, 3.05) is 0 Å². The SMILES string of the molecule is CCC(C)(C)Oc1ccc2c(c1-c1cccc3c1CCCC3)CCCC2. The first-order chi connectivity index (χ1) is 12.6. The summed E-state index contributed by atoms with van der Waals surface area (Å²) in [6.45, 7) is 6.62. The highest BCUT2D eigenvalue weighted by Crippen LogP contribution is 2.43. The highest BCUT2D eigenvalue weighted by molar-refractivity contribution is 5.79. The van der Waals surface area contributed by atoms with Crippen LogP contribution in [-0.4, -0.2) is 5.60 Å². The lowest BCUT2D eigenvalue weighted by Crippen LogP contribution is -2.27. The molecule has 138 valence electrons. The fourth-order valence-electron chi connectivity index (χ4n) is 4.57. The Labute approximate surface area is 158 Å². The average Bonchev–Trinajstić information content (AvgIpc) is 2.67. The summed E-state index contributed by atoms with van der Waals surface area (Å²) in [6, 6.07) is 11.5. The zero-order valence-electron chi connectivity index (χ0n) is 16.7. The maximum Gasteiger partial charge on any atom is 0.128 e. The molecule has 0 aliphatic heterocycles. The molecule has 0 fully saturated rings. The third-order valence-corrected chi connectivity index (χ3v) is 6.40. The second-order valence-corrected chi connectivity index (χ2v) is 8.65. The monoisotopic (exact) mass is 348 g/mol. The Morgan fingerprint density at radius 2 is 1.46 bits per heavy atom. The number of fused-ring (bicyclic) bond motifs is 2. The first-order valence-corrected chi connectivity index (χ1v) is 10.5. The normalized spacial score (nSPS) is 16.7. The van der Waals surface area contributed by atoms with Gasteiger partial charge in [0.15, 0.2) is 0 Å². The second-order valence-electron chi connectivity index (χ2n) is 8.65. The molecule has 2 aliphatic rings. The molecule has 0 heterocycles. The van der Waals surface area contributed by atoms with Crippen LogP contribution in [-0.2, 0) is 25.7 Å². The summed E-state index contributed by atoms with van der Waals surface area (Å²) in [7, 11) is 0. The first kappa shape index (κ1) is 17.6. The molecule has 0 spiro atoms. The summed E-state index contributed by atoms with van der Waals surface area (Å²) in [5.41, 5.74) is 8.96. The van der Waals surface area contributed by atoms with Gasteiger partial charge in [0.05, 0.1) is 0 Å². The van der Waals surface area contributed by atoms with Gasteiger partial charge in [-0.3, -0.25) is 0 Å². The van der Waals surface area contributed by atoms with E-state index in [1.807, 2.05) is 0 Å². The Morgan fingerprint density at radius 3 is 2.19 bits per heavy atom. The van der Waals surface area contributed by atoms with Crippen LogP contribution in [0.3, 0.4) is 0 Å². The van der Waals surface area contributed by atoms with E-state index < -0.39 is 0 Å². The molecule has 0 N–H and O–H groups in total. The third kappa shape index (κ3) is 3.29. The number of hydrogen-bond acceptors (Lipinski definition) is 1. The predicted molar refractivity (Wildman–Crippen MR) is 110 cm³/mol. The van der Waals surface area contributed by atoms with Crippen molar-refractivity contribution in [2.45, 2.75) is 84.2 Å². The van der Waals surface area contributed by atoms with Crippen molar-refractivity contribution >= 4 is 0 Å². The van der Waals surface area contributed by atoms with Gasteiger partial charge in [-0.2, -0.15) is 0 Å². The van der Waals surface area contributed by atoms with Gasteiger partial charge in [-0.1, -0.05) is 31.2 Å². The van der Waals surface area contributed by atoms with Crippen LogP contribution in [0, 0.1) is 0 Å². The molecule has 2 aromatic rings. The van der Waals surface area contributed by atoms with Gasteiger partial charge in [0.2, 0.25) is 0 Å². The Balaban J connectivity index is 1.91. The quantitative estimate of drug-likeness (QED) is 0.599. The van der Waals surface area contributed by atoms with E-state index >= 15 is 0 Å². The molecular weight excluding hydrogens is 316 g/mol. The molecule has 4 rings (SSSR count). The Bertz CT molecular complexity index is 800. The molecule has 26 heavy (non-hydrogen) atoms. The summed E-state index contributed by atoms with van der Waals surface area (Å²) in [6.07, 6.45) is 11.1. The fourth-order valence-corrected chi connectivity index (χ4v) is 4.57. The Hall–Kier alpha value is -1.76. The molecule has 0 bridgehead atoms. The van der Waals surface area contributed by atoms with Gasteiger partial charge in [0.25, 0.3) is 0 Å². The van der Waals surface area contributed by atoms with Crippen molar-refractivity contribution in [2.24, 2.45) is 0 Å². The molecule has 0 saturated carbocycles. The minimum absolute atomic E-state index is 0.132. The van der Waals surface area contributed by atoms with E-state index in [1.54, 1.807) is 22.3 Å². The lowest BCUT2D eigenvalue weighted by molar-refractivity contribution is 0.106. The summed E-state index contributed by atoms with van der Waals surface area (Å²) < 4.78 is 6.59. The van der Waals surface area contributed by atoms with Gasteiger partial charge < -0.3 is 4.74 Å². The van der Waals surface area contributed by atoms with E-state index in [4.69, 9.17) is 4.74 Å². The van der Waals surface area contributed by atoms with E-state index in [0.717, 1.165) is 12.2 Å². The third-order valence-electron chi connectivity index (χ3n) is 6.40. The van der Waals surface area contributed by atoms with E-state index in [1.165, 1.54) is 62.5 Å². The molecule has 2 aromatic carbocycles.